The third-order valence-electron chi connectivity index (χ3n) is 4.50. The Morgan fingerprint density at radius 2 is 1.97 bits per heavy atom. The lowest BCUT2D eigenvalue weighted by Gasteiger charge is -2.22. The van der Waals surface area contributed by atoms with E-state index in [0.717, 1.165) is 0 Å². The van der Waals surface area contributed by atoms with Crippen molar-refractivity contribution in [1.82, 2.24) is 9.73 Å². The summed E-state index contributed by atoms with van der Waals surface area (Å²) in [5, 5.41) is 12.9. The smallest absolute Gasteiger partial charge is 0.258 e. The van der Waals surface area contributed by atoms with Crippen LogP contribution in [0.25, 0.3) is 0 Å². The van der Waals surface area contributed by atoms with Crippen LogP contribution < -0.4 is 10.2 Å². The summed E-state index contributed by atoms with van der Waals surface area (Å²) in [5.41, 5.74) is 3.12. The summed E-state index contributed by atoms with van der Waals surface area (Å²) >= 11 is 5.83. The molecule has 1 aliphatic rings. The predicted octanol–water partition coefficient (Wildman–Crippen LogP) is 2.55. The second kappa shape index (κ2) is 9.71. The maximum atomic E-state index is 12.9. The van der Waals surface area contributed by atoms with Crippen LogP contribution in [0.2, 0.25) is 5.02 Å². The average molecular weight is 447 g/mol. The number of rotatable bonds is 7. The zero-order valence-corrected chi connectivity index (χ0v) is 17.4. The van der Waals surface area contributed by atoms with Crippen molar-refractivity contribution in [1.29, 1.82) is 5.26 Å². The number of amides is 1. The number of ether oxygens (including phenoxy) is 1. The molecule has 1 unspecified atom stereocenters. The van der Waals surface area contributed by atoms with Gasteiger partial charge in [-0.2, -0.15) is 14.7 Å². The highest BCUT2D eigenvalue weighted by molar-refractivity contribution is 7.89. The quantitative estimate of drug-likeness (QED) is 0.518. The molecule has 0 aromatic heterocycles. The molecule has 1 atom stereocenters. The van der Waals surface area contributed by atoms with Gasteiger partial charge in [0.05, 0.1) is 11.1 Å². The van der Waals surface area contributed by atoms with Gasteiger partial charge in [-0.15, -0.1) is 0 Å². The van der Waals surface area contributed by atoms with Gasteiger partial charge in [0.25, 0.3) is 5.91 Å². The van der Waals surface area contributed by atoms with Gasteiger partial charge in [-0.05, 0) is 66.9 Å². The second-order valence-electron chi connectivity index (χ2n) is 6.48. The molecule has 0 bridgehead atoms. The van der Waals surface area contributed by atoms with E-state index in [-0.39, 0.29) is 18.0 Å². The molecule has 0 spiro atoms. The SMILES string of the molecule is N#CCOc1ccc(C=NNC(=O)C2CCCN2S(=O)(=O)c2ccc(Cl)cc2)cc1. The van der Waals surface area contributed by atoms with Crippen molar-refractivity contribution in [2.24, 2.45) is 5.10 Å². The van der Waals surface area contributed by atoms with Crippen LogP contribution in [0.3, 0.4) is 0 Å². The Labute approximate surface area is 179 Å². The van der Waals surface area contributed by atoms with Crippen LogP contribution in [0.4, 0.5) is 0 Å². The predicted molar refractivity (Wildman–Crippen MR) is 112 cm³/mol. The lowest BCUT2D eigenvalue weighted by Crippen LogP contribution is -2.44. The van der Waals surface area contributed by atoms with Crippen molar-refractivity contribution < 1.29 is 17.9 Å². The molecule has 1 heterocycles. The highest BCUT2D eigenvalue weighted by Crippen LogP contribution is 2.27. The Balaban J connectivity index is 1.64. The number of hydrogen-bond donors (Lipinski definition) is 1. The molecular formula is C20H19ClN4O4S. The summed E-state index contributed by atoms with van der Waals surface area (Å²) in [6, 6.07) is 13.7. The minimum Gasteiger partial charge on any atom is -0.479 e. The third kappa shape index (κ3) is 5.16. The number of carbonyl (C=O) groups is 1. The van der Waals surface area contributed by atoms with Crippen LogP contribution in [0.1, 0.15) is 18.4 Å². The molecule has 30 heavy (non-hydrogen) atoms. The summed E-state index contributed by atoms with van der Waals surface area (Å²) < 4.78 is 32.1. The molecule has 2 aromatic carbocycles. The number of nitrogens with one attached hydrogen (secondary N) is 1. The summed E-state index contributed by atoms with van der Waals surface area (Å²) in [6.07, 6.45) is 2.44. The molecular weight excluding hydrogens is 428 g/mol. The van der Waals surface area contributed by atoms with E-state index >= 15 is 0 Å². The van der Waals surface area contributed by atoms with Crippen molar-refractivity contribution >= 4 is 33.7 Å². The van der Waals surface area contributed by atoms with Crippen LogP contribution >= 0.6 is 11.6 Å². The highest BCUT2D eigenvalue weighted by atomic mass is 35.5. The molecule has 1 amide bonds. The summed E-state index contributed by atoms with van der Waals surface area (Å²) in [6.45, 7) is 0.219. The van der Waals surface area contributed by atoms with Gasteiger partial charge in [-0.25, -0.2) is 13.8 Å². The molecule has 1 aliphatic heterocycles. The van der Waals surface area contributed by atoms with Crippen molar-refractivity contribution in [3.05, 3.63) is 59.1 Å². The number of halogens is 1. The molecule has 1 saturated heterocycles. The van der Waals surface area contributed by atoms with Gasteiger partial charge >= 0.3 is 0 Å². The monoisotopic (exact) mass is 446 g/mol. The first kappa shape index (κ1) is 21.8. The van der Waals surface area contributed by atoms with Crippen molar-refractivity contribution in [2.45, 2.75) is 23.8 Å². The van der Waals surface area contributed by atoms with Gasteiger partial charge in [0.15, 0.2) is 6.61 Å². The maximum absolute atomic E-state index is 12.9. The largest absolute Gasteiger partial charge is 0.479 e. The van der Waals surface area contributed by atoms with E-state index in [1.165, 1.54) is 34.8 Å². The van der Waals surface area contributed by atoms with Gasteiger partial charge in [0.1, 0.15) is 17.9 Å². The summed E-state index contributed by atoms with van der Waals surface area (Å²) in [4.78, 5) is 12.6. The summed E-state index contributed by atoms with van der Waals surface area (Å²) in [7, 11) is -3.81. The number of hydrogen-bond acceptors (Lipinski definition) is 6. The molecule has 1 fully saturated rings. The number of hydrazone groups is 1. The van der Waals surface area contributed by atoms with Crippen molar-refractivity contribution in [2.75, 3.05) is 13.2 Å². The van der Waals surface area contributed by atoms with Gasteiger partial charge in [0, 0.05) is 11.6 Å². The van der Waals surface area contributed by atoms with Gasteiger partial charge in [-0.3, -0.25) is 4.79 Å². The van der Waals surface area contributed by atoms with E-state index < -0.39 is 22.0 Å². The average Bonchev–Trinajstić information content (AvgIpc) is 3.24. The zero-order valence-electron chi connectivity index (χ0n) is 15.9. The Bertz CT molecular complexity index is 1060. The van der Waals surface area contributed by atoms with Crippen LogP contribution in [-0.2, 0) is 14.8 Å². The molecule has 3 rings (SSSR count). The first-order valence-corrected chi connectivity index (χ1v) is 10.9. The fourth-order valence-electron chi connectivity index (χ4n) is 3.04. The van der Waals surface area contributed by atoms with Crippen LogP contribution in [0.5, 0.6) is 5.75 Å². The fraction of sp³-hybridized carbons (Fsp3) is 0.250. The Hall–Kier alpha value is -2.93. The van der Waals surface area contributed by atoms with Crippen molar-refractivity contribution in [3.8, 4) is 11.8 Å². The molecule has 0 saturated carbocycles. The number of carbonyl (C=O) groups excluding carboxylic acids is 1. The topological polar surface area (TPSA) is 112 Å². The molecule has 1 N–H and O–H groups in total. The molecule has 0 aliphatic carbocycles. The van der Waals surface area contributed by atoms with E-state index in [4.69, 9.17) is 21.6 Å². The van der Waals surface area contributed by atoms with E-state index in [1.807, 2.05) is 6.07 Å². The lowest BCUT2D eigenvalue weighted by molar-refractivity contribution is -0.124. The summed E-state index contributed by atoms with van der Waals surface area (Å²) in [5.74, 6) is 0.0574. The van der Waals surface area contributed by atoms with Crippen LogP contribution in [-0.4, -0.2) is 44.0 Å². The lowest BCUT2D eigenvalue weighted by atomic mass is 10.2. The normalized spacial score (nSPS) is 17.0. The third-order valence-corrected chi connectivity index (χ3v) is 6.67. The molecule has 10 heteroatoms. The standard InChI is InChI=1S/C20H19ClN4O4S/c21-16-5-9-18(10-6-16)30(27,28)25-12-1-2-19(25)20(26)24-23-14-15-3-7-17(8-4-15)29-13-11-22/h3-10,14,19H,1-2,12-13H2,(H,24,26). The van der Waals surface area contributed by atoms with E-state index in [1.54, 1.807) is 24.3 Å². The van der Waals surface area contributed by atoms with E-state index in [9.17, 15) is 13.2 Å². The number of sulfonamides is 1. The molecule has 2 aromatic rings. The minimum atomic E-state index is -3.81. The molecule has 156 valence electrons. The van der Waals surface area contributed by atoms with Gasteiger partial charge < -0.3 is 4.74 Å². The Morgan fingerprint density at radius 1 is 1.27 bits per heavy atom. The maximum Gasteiger partial charge on any atom is 0.258 e. The Morgan fingerprint density at radius 3 is 2.63 bits per heavy atom. The Kier molecular flexibility index (Phi) is 7.05. The molecule has 0 radical (unpaired) electrons. The number of benzene rings is 2. The first-order chi connectivity index (χ1) is 14.4. The van der Waals surface area contributed by atoms with E-state index in [2.05, 4.69) is 10.5 Å². The highest BCUT2D eigenvalue weighted by Gasteiger charge is 2.39. The molecule has 8 nitrogen and oxygen atoms in total. The number of nitriles is 1. The minimum absolute atomic E-state index is 0.0414. The fourth-order valence-corrected chi connectivity index (χ4v) is 4.82. The van der Waals surface area contributed by atoms with Crippen LogP contribution in [0.15, 0.2) is 58.5 Å². The second-order valence-corrected chi connectivity index (χ2v) is 8.80. The van der Waals surface area contributed by atoms with Gasteiger partial charge in [-0.1, -0.05) is 11.6 Å². The number of nitrogens with zero attached hydrogens (tertiary/aromatic N) is 3. The van der Waals surface area contributed by atoms with E-state index in [0.29, 0.717) is 29.2 Å². The van der Waals surface area contributed by atoms with Crippen molar-refractivity contribution in [3.63, 3.8) is 0 Å². The first-order valence-electron chi connectivity index (χ1n) is 9.12. The zero-order chi connectivity index (χ0) is 21.6. The van der Waals surface area contributed by atoms with Crippen LogP contribution in [0, 0.1) is 11.3 Å². The van der Waals surface area contributed by atoms with Gasteiger partial charge in [0.2, 0.25) is 10.0 Å².